The molecule has 0 aliphatic heterocycles. The van der Waals surface area contributed by atoms with Crippen LogP contribution in [0, 0.1) is 0 Å². The Kier molecular flexibility index (Phi) is 9.35. The van der Waals surface area contributed by atoms with E-state index in [1.54, 1.807) is 0 Å². The van der Waals surface area contributed by atoms with Crippen LogP contribution in [0.3, 0.4) is 0 Å². The minimum absolute atomic E-state index is 1.06. The van der Waals surface area contributed by atoms with E-state index in [9.17, 15) is 0 Å². The third-order valence-corrected chi connectivity index (χ3v) is 3.64. The van der Waals surface area contributed by atoms with Gasteiger partial charge in [0.2, 0.25) is 0 Å². The molecule has 0 amide bonds. The van der Waals surface area contributed by atoms with E-state index in [1.165, 1.54) is 57.4 Å². The second-order valence-electron chi connectivity index (χ2n) is 5.77. The van der Waals surface area contributed by atoms with Gasteiger partial charge in [-0.2, -0.15) is 0 Å². The molecule has 0 atom stereocenters. The maximum Gasteiger partial charge on any atom is 0.0230 e. The van der Waals surface area contributed by atoms with E-state index in [2.05, 4.69) is 61.0 Å². The van der Waals surface area contributed by atoms with E-state index in [0.717, 1.165) is 6.54 Å². The van der Waals surface area contributed by atoms with E-state index in [0.29, 0.717) is 0 Å². The van der Waals surface area contributed by atoms with Crippen molar-refractivity contribution >= 4 is 0 Å². The Morgan fingerprint density at radius 1 is 0.800 bits per heavy atom. The van der Waals surface area contributed by atoms with Crippen molar-refractivity contribution in [2.75, 3.05) is 33.2 Å². The molecule has 0 heterocycles. The fourth-order valence-electron chi connectivity index (χ4n) is 2.66. The average molecular weight is 276 g/mol. The van der Waals surface area contributed by atoms with Gasteiger partial charge in [0.15, 0.2) is 0 Å². The standard InChI is InChI=1S/C18H32N2/c1-4-13-20(14-5-2)16-10-9-15-19(3)17-18-11-7-6-8-12-18/h6-8,11-12H,4-5,9-10,13-17H2,1-3H3. The van der Waals surface area contributed by atoms with Gasteiger partial charge in [-0.1, -0.05) is 44.2 Å². The van der Waals surface area contributed by atoms with Crippen LogP contribution in [-0.2, 0) is 6.54 Å². The lowest BCUT2D eigenvalue weighted by Crippen LogP contribution is -2.27. The van der Waals surface area contributed by atoms with Gasteiger partial charge in [0.25, 0.3) is 0 Å². The molecular formula is C18H32N2. The first-order valence-electron chi connectivity index (χ1n) is 8.21. The highest BCUT2D eigenvalue weighted by Crippen LogP contribution is 2.05. The summed E-state index contributed by atoms with van der Waals surface area (Å²) in [5, 5.41) is 0. The molecule has 0 aliphatic rings. The first kappa shape index (κ1) is 17.2. The van der Waals surface area contributed by atoms with Gasteiger partial charge in [-0.3, -0.25) is 0 Å². The van der Waals surface area contributed by atoms with Crippen LogP contribution in [0.2, 0.25) is 0 Å². The van der Waals surface area contributed by atoms with Crippen LogP contribution in [-0.4, -0.2) is 43.0 Å². The van der Waals surface area contributed by atoms with Crippen molar-refractivity contribution in [3.8, 4) is 0 Å². The summed E-state index contributed by atoms with van der Waals surface area (Å²) >= 11 is 0. The highest BCUT2D eigenvalue weighted by molar-refractivity contribution is 5.14. The largest absolute Gasteiger partial charge is 0.303 e. The Balaban J connectivity index is 2.13. The summed E-state index contributed by atoms with van der Waals surface area (Å²) in [6, 6.07) is 10.7. The van der Waals surface area contributed by atoms with Gasteiger partial charge in [0.05, 0.1) is 0 Å². The molecule has 1 aromatic rings. The van der Waals surface area contributed by atoms with E-state index in [-0.39, 0.29) is 0 Å². The van der Waals surface area contributed by atoms with E-state index in [4.69, 9.17) is 0 Å². The highest BCUT2D eigenvalue weighted by atomic mass is 15.1. The van der Waals surface area contributed by atoms with Gasteiger partial charge < -0.3 is 9.80 Å². The molecule has 20 heavy (non-hydrogen) atoms. The molecular weight excluding hydrogens is 244 g/mol. The van der Waals surface area contributed by atoms with Crippen LogP contribution in [0.5, 0.6) is 0 Å². The SMILES string of the molecule is CCCN(CCC)CCCCN(C)Cc1ccccc1. The van der Waals surface area contributed by atoms with Crippen molar-refractivity contribution < 1.29 is 0 Å². The number of hydrogen-bond acceptors (Lipinski definition) is 2. The Hall–Kier alpha value is -0.860. The number of nitrogens with zero attached hydrogens (tertiary/aromatic N) is 2. The smallest absolute Gasteiger partial charge is 0.0230 e. The van der Waals surface area contributed by atoms with Gasteiger partial charge in [-0.15, -0.1) is 0 Å². The summed E-state index contributed by atoms with van der Waals surface area (Å²) in [6.45, 7) is 10.6. The Morgan fingerprint density at radius 2 is 1.40 bits per heavy atom. The summed E-state index contributed by atoms with van der Waals surface area (Å²) in [6.07, 6.45) is 5.16. The molecule has 2 nitrogen and oxygen atoms in total. The number of benzene rings is 1. The molecule has 1 aromatic carbocycles. The van der Waals surface area contributed by atoms with Gasteiger partial charge >= 0.3 is 0 Å². The predicted octanol–water partition coefficient (Wildman–Crippen LogP) is 4.02. The summed E-state index contributed by atoms with van der Waals surface area (Å²) in [4.78, 5) is 5.04. The van der Waals surface area contributed by atoms with Gasteiger partial charge in [0, 0.05) is 6.54 Å². The van der Waals surface area contributed by atoms with Crippen molar-refractivity contribution in [3.05, 3.63) is 35.9 Å². The third-order valence-electron chi connectivity index (χ3n) is 3.64. The van der Waals surface area contributed by atoms with Crippen molar-refractivity contribution in [1.82, 2.24) is 9.80 Å². The molecule has 0 bridgehead atoms. The molecule has 0 N–H and O–H groups in total. The minimum Gasteiger partial charge on any atom is -0.303 e. The van der Waals surface area contributed by atoms with Crippen LogP contribution in [0.15, 0.2) is 30.3 Å². The molecule has 2 heteroatoms. The zero-order valence-corrected chi connectivity index (χ0v) is 13.6. The molecule has 0 aliphatic carbocycles. The quantitative estimate of drug-likeness (QED) is 0.563. The first-order valence-corrected chi connectivity index (χ1v) is 8.21. The van der Waals surface area contributed by atoms with Crippen molar-refractivity contribution in [2.24, 2.45) is 0 Å². The Bertz CT molecular complexity index is 317. The van der Waals surface area contributed by atoms with Gasteiger partial charge in [0.1, 0.15) is 0 Å². The molecule has 0 saturated carbocycles. The maximum absolute atomic E-state index is 2.61. The highest BCUT2D eigenvalue weighted by Gasteiger charge is 2.03. The van der Waals surface area contributed by atoms with Crippen molar-refractivity contribution in [1.29, 1.82) is 0 Å². The number of unbranched alkanes of at least 4 members (excludes halogenated alkanes) is 1. The fourth-order valence-corrected chi connectivity index (χ4v) is 2.66. The van der Waals surface area contributed by atoms with Crippen LogP contribution in [0.4, 0.5) is 0 Å². The molecule has 0 fully saturated rings. The zero-order valence-electron chi connectivity index (χ0n) is 13.6. The normalized spacial score (nSPS) is 11.4. The molecule has 0 radical (unpaired) electrons. The average Bonchev–Trinajstić information content (AvgIpc) is 2.45. The summed E-state index contributed by atoms with van der Waals surface area (Å²) in [5.74, 6) is 0. The molecule has 1 rings (SSSR count). The number of rotatable bonds is 11. The number of hydrogen-bond donors (Lipinski definition) is 0. The monoisotopic (exact) mass is 276 g/mol. The summed E-state index contributed by atoms with van der Waals surface area (Å²) < 4.78 is 0. The van der Waals surface area contributed by atoms with Crippen LogP contribution in [0.25, 0.3) is 0 Å². The van der Waals surface area contributed by atoms with Crippen molar-refractivity contribution in [3.63, 3.8) is 0 Å². The molecule has 0 aromatic heterocycles. The summed E-state index contributed by atoms with van der Waals surface area (Å²) in [5.41, 5.74) is 1.41. The lowest BCUT2D eigenvalue weighted by Gasteiger charge is -2.22. The Morgan fingerprint density at radius 3 is 2.00 bits per heavy atom. The van der Waals surface area contributed by atoms with E-state index in [1.807, 2.05) is 0 Å². The lowest BCUT2D eigenvalue weighted by molar-refractivity contribution is 0.255. The second-order valence-corrected chi connectivity index (χ2v) is 5.77. The zero-order chi connectivity index (χ0) is 14.6. The molecule has 0 unspecified atom stereocenters. The van der Waals surface area contributed by atoms with Crippen LogP contribution < -0.4 is 0 Å². The van der Waals surface area contributed by atoms with Crippen molar-refractivity contribution in [2.45, 2.75) is 46.1 Å². The topological polar surface area (TPSA) is 6.48 Å². The van der Waals surface area contributed by atoms with E-state index >= 15 is 0 Å². The van der Waals surface area contributed by atoms with E-state index < -0.39 is 0 Å². The maximum atomic E-state index is 2.61. The summed E-state index contributed by atoms with van der Waals surface area (Å²) in [7, 11) is 2.23. The molecule has 0 saturated heterocycles. The van der Waals surface area contributed by atoms with Gasteiger partial charge in [-0.25, -0.2) is 0 Å². The lowest BCUT2D eigenvalue weighted by atomic mass is 10.2. The first-order chi connectivity index (χ1) is 9.76. The molecule has 0 spiro atoms. The minimum atomic E-state index is 1.06. The Labute approximate surface area is 125 Å². The van der Waals surface area contributed by atoms with Crippen LogP contribution >= 0.6 is 0 Å². The third kappa shape index (κ3) is 7.66. The second kappa shape index (κ2) is 10.9. The van der Waals surface area contributed by atoms with Gasteiger partial charge in [-0.05, 0) is 64.5 Å². The van der Waals surface area contributed by atoms with Crippen LogP contribution in [0.1, 0.15) is 45.1 Å². The molecule has 114 valence electrons. The fraction of sp³-hybridized carbons (Fsp3) is 0.667. The predicted molar refractivity (Wildman–Crippen MR) is 89.0 cm³/mol.